The van der Waals surface area contributed by atoms with Crippen LogP contribution in [0.1, 0.15) is 17.3 Å². The molecule has 0 spiro atoms. The first kappa shape index (κ1) is 10.2. The number of rotatable bonds is 3. The monoisotopic (exact) mass is 224 g/mol. The molecule has 78 valence electrons. The molecule has 0 aliphatic heterocycles. The summed E-state index contributed by atoms with van der Waals surface area (Å²) in [5.74, 6) is 5.15. The van der Waals surface area contributed by atoms with E-state index >= 15 is 0 Å². The third kappa shape index (κ3) is 2.17. The van der Waals surface area contributed by atoms with Crippen LogP contribution in [-0.2, 0) is 0 Å². The van der Waals surface area contributed by atoms with Crippen molar-refractivity contribution in [2.45, 2.75) is 6.04 Å². The Labute approximate surface area is 90.2 Å². The van der Waals surface area contributed by atoms with Crippen LogP contribution in [-0.4, -0.2) is 8.75 Å². The zero-order chi connectivity index (χ0) is 10.7. The molecule has 1 atom stereocenters. The van der Waals surface area contributed by atoms with E-state index in [0.29, 0.717) is 0 Å². The standard InChI is InChI=1S/C9H9FN4S/c10-7-3-1-6(2-4-7)9(13-11)8-5-12-15-14-8/h1-5,9,13H,11H2. The normalized spacial score (nSPS) is 12.7. The molecule has 1 unspecified atom stereocenters. The summed E-state index contributed by atoms with van der Waals surface area (Å²) in [6.07, 6.45) is 1.64. The number of nitrogens with zero attached hydrogens (tertiary/aromatic N) is 2. The van der Waals surface area contributed by atoms with Crippen molar-refractivity contribution >= 4 is 11.7 Å². The molecule has 1 aromatic heterocycles. The van der Waals surface area contributed by atoms with Crippen LogP contribution in [0.5, 0.6) is 0 Å². The zero-order valence-corrected chi connectivity index (χ0v) is 8.54. The zero-order valence-electron chi connectivity index (χ0n) is 7.72. The first-order valence-corrected chi connectivity index (χ1v) is 5.03. The van der Waals surface area contributed by atoms with E-state index in [0.717, 1.165) is 23.0 Å². The van der Waals surface area contributed by atoms with Crippen molar-refractivity contribution in [1.82, 2.24) is 14.2 Å². The van der Waals surface area contributed by atoms with E-state index in [4.69, 9.17) is 5.84 Å². The molecule has 6 heteroatoms. The van der Waals surface area contributed by atoms with Crippen molar-refractivity contribution in [3.63, 3.8) is 0 Å². The average Bonchev–Trinajstić information content (AvgIpc) is 2.75. The Bertz CT molecular complexity index is 414. The molecule has 2 rings (SSSR count). The fraction of sp³-hybridized carbons (Fsp3) is 0.111. The van der Waals surface area contributed by atoms with E-state index in [1.165, 1.54) is 12.1 Å². The van der Waals surface area contributed by atoms with Gasteiger partial charge in [-0.05, 0) is 17.7 Å². The number of nitrogens with two attached hydrogens (primary N) is 1. The highest BCUT2D eigenvalue weighted by Crippen LogP contribution is 2.19. The van der Waals surface area contributed by atoms with Crippen molar-refractivity contribution < 1.29 is 4.39 Å². The summed E-state index contributed by atoms with van der Waals surface area (Å²) in [7, 11) is 0. The summed E-state index contributed by atoms with van der Waals surface area (Å²) in [6, 6.07) is 5.86. The van der Waals surface area contributed by atoms with Crippen molar-refractivity contribution in [2.24, 2.45) is 5.84 Å². The summed E-state index contributed by atoms with van der Waals surface area (Å²) in [6.45, 7) is 0. The molecule has 4 nitrogen and oxygen atoms in total. The van der Waals surface area contributed by atoms with E-state index < -0.39 is 0 Å². The van der Waals surface area contributed by atoms with Crippen LogP contribution in [0.25, 0.3) is 0 Å². The van der Waals surface area contributed by atoms with Crippen molar-refractivity contribution in [2.75, 3.05) is 0 Å². The molecule has 2 aromatic rings. The maximum absolute atomic E-state index is 12.7. The molecule has 0 bridgehead atoms. The Hall–Kier alpha value is -1.37. The smallest absolute Gasteiger partial charge is 0.123 e. The topological polar surface area (TPSA) is 63.8 Å². The molecular weight excluding hydrogens is 215 g/mol. The fourth-order valence-electron chi connectivity index (χ4n) is 1.31. The number of hydrogen-bond acceptors (Lipinski definition) is 5. The maximum Gasteiger partial charge on any atom is 0.123 e. The van der Waals surface area contributed by atoms with Crippen LogP contribution in [0.4, 0.5) is 4.39 Å². The second kappa shape index (κ2) is 4.43. The first-order chi connectivity index (χ1) is 7.31. The summed E-state index contributed by atoms with van der Waals surface area (Å²) < 4.78 is 20.7. The highest BCUT2D eigenvalue weighted by molar-refractivity contribution is 6.99. The second-order valence-corrected chi connectivity index (χ2v) is 3.54. The minimum Gasteiger partial charge on any atom is -0.271 e. The quantitative estimate of drug-likeness (QED) is 0.608. The van der Waals surface area contributed by atoms with E-state index in [9.17, 15) is 4.39 Å². The third-order valence-corrected chi connectivity index (χ3v) is 2.54. The third-order valence-electron chi connectivity index (χ3n) is 2.04. The first-order valence-electron chi connectivity index (χ1n) is 4.30. The van der Waals surface area contributed by atoms with E-state index in [-0.39, 0.29) is 11.9 Å². The van der Waals surface area contributed by atoms with Crippen LogP contribution < -0.4 is 11.3 Å². The molecule has 0 fully saturated rings. The minimum atomic E-state index is -0.272. The van der Waals surface area contributed by atoms with Gasteiger partial charge < -0.3 is 0 Å². The minimum absolute atomic E-state index is 0.246. The largest absolute Gasteiger partial charge is 0.271 e. The van der Waals surface area contributed by atoms with E-state index in [2.05, 4.69) is 14.2 Å². The Morgan fingerprint density at radius 1 is 1.33 bits per heavy atom. The molecule has 1 aromatic carbocycles. The van der Waals surface area contributed by atoms with Gasteiger partial charge in [0.2, 0.25) is 0 Å². The molecule has 0 radical (unpaired) electrons. The van der Waals surface area contributed by atoms with Crippen molar-refractivity contribution in [1.29, 1.82) is 0 Å². The number of hydrogen-bond donors (Lipinski definition) is 2. The number of hydrazine groups is 1. The summed E-state index contributed by atoms with van der Waals surface area (Å²) >= 11 is 1.11. The van der Waals surface area contributed by atoms with Gasteiger partial charge in [-0.1, -0.05) is 12.1 Å². The van der Waals surface area contributed by atoms with Crippen LogP contribution in [0, 0.1) is 5.82 Å². The van der Waals surface area contributed by atoms with Crippen LogP contribution in [0.15, 0.2) is 30.5 Å². The van der Waals surface area contributed by atoms with Gasteiger partial charge in [0.15, 0.2) is 0 Å². The summed E-state index contributed by atoms with van der Waals surface area (Å²) in [5, 5.41) is 0. The molecule has 15 heavy (non-hydrogen) atoms. The van der Waals surface area contributed by atoms with E-state index in [1.807, 2.05) is 0 Å². The van der Waals surface area contributed by atoms with Crippen LogP contribution in [0.2, 0.25) is 0 Å². The highest BCUT2D eigenvalue weighted by Gasteiger charge is 2.14. The lowest BCUT2D eigenvalue weighted by molar-refractivity contribution is 0.610. The van der Waals surface area contributed by atoms with Crippen LogP contribution in [0.3, 0.4) is 0 Å². The van der Waals surface area contributed by atoms with Gasteiger partial charge in [0, 0.05) is 0 Å². The van der Waals surface area contributed by atoms with Crippen molar-refractivity contribution in [3.05, 3.63) is 47.5 Å². The Morgan fingerprint density at radius 2 is 2.07 bits per heavy atom. The van der Waals surface area contributed by atoms with Crippen LogP contribution >= 0.6 is 11.7 Å². The van der Waals surface area contributed by atoms with Gasteiger partial charge in [0.05, 0.1) is 29.7 Å². The number of halogens is 1. The molecule has 0 aliphatic rings. The van der Waals surface area contributed by atoms with Gasteiger partial charge in [-0.15, -0.1) is 0 Å². The molecule has 0 saturated heterocycles. The lowest BCUT2D eigenvalue weighted by atomic mass is 10.1. The fourth-order valence-corrected chi connectivity index (χ4v) is 1.76. The van der Waals surface area contributed by atoms with Gasteiger partial charge in [-0.25, -0.2) is 9.82 Å². The SMILES string of the molecule is NNC(c1ccc(F)cc1)c1cnsn1. The number of benzene rings is 1. The highest BCUT2D eigenvalue weighted by atomic mass is 32.1. The lowest BCUT2D eigenvalue weighted by Crippen LogP contribution is -2.29. The van der Waals surface area contributed by atoms with Gasteiger partial charge in [-0.2, -0.15) is 8.75 Å². The number of aromatic nitrogens is 2. The van der Waals surface area contributed by atoms with Gasteiger partial charge in [0.25, 0.3) is 0 Å². The van der Waals surface area contributed by atoms with Crippen molar-refractivity contribution in [3.8, 4) is 0 Å². The molecule has 0 amide bonds. The summed E-state index contributed by atoms with van der Waals surface area (Å²) in [5.41, 5.74) is 4.21. The molecule has 3 N–H and O–H groups in total. The molecular formula is C9H9FN4S. The van der Waals surface area contributed by atoms with Gasteiger partial charge in [0.1, 0.15) is 5.82 Å². The maximum atomic E-state index is 12.7. The lowest BCUT2D eigenvalue weighted by Gasteiger charge is -2.12. The Kier molecular flexibility index (Phi) is 3.00. The molecule has 1 heterocycles. The predicted molar refractivity (Wildman–Crippen MR) is 55.5 cm³/mol. The van der Waals surface area contributed by atoms with Gasteiger partial charge in [-0.3, -0.25) is 5.84 Å². The second-order valence-electron chi connectivity index (χ2n) is 2.98. The molecule has 0 saturated carbocycles. The average molecular weight is 224 g/mol. The summed E-state index contributed by atoms with van der Waals surface area (Å²) in [4.78, 5) is 0. The Morgan fingerprint density at radius 3 is 2.60 bits per heavy atom. The van der Waals surface area contributed by atoms with E-state index in [1.54, 1.807) is 18.3 Å². The predicted octanol–water partition coefficient (Wildman–Crippen LogP) is 1.23. The number of nitrogens with one attached hydrogen (secondary N) is 1. The molecule has 0 aliphatic carbocycles. The Balaban J connectivity index is 2.31. The van der Waals surface area contributed by atoms with Gasteiger partial charge >= 0.3 is 0 Å².